The third-order valence-electron chi connectivity index (χ3n) is 3.34. The summed E-state index contributed by atoms with van der Waals surface area (Å²) in [5, 5.41) is 0.550. The molecule has 1 aromatic heterocycles. The Hall–Kier alpha value is -1.43. The molecule has 100 valence electrons. The van der Waals surface area contributed by atoms with Gasteiger partial charge in [0, 0.05) is 12.1 Å². The number of methoxy groups -OCH3 is 1. The van der Waals surface area contributed by atoms with Crippen LogP contribution in [0.4, 0.5) is 5.69 Å². The van der Waals surface area contributed by atoms with Crippen molar-refractivity contribution in [3.63, 3.8) is 0 Å². The van der Waals surface area contributed by atoms with E-state index in [9.17, 15) is 4.79 Å². The highest BCUT2D eigenvalue weighted by Gasteiger charge is 2.41. The molecule has 1 unspecified atom stereocenters. The lowest BCUT2D eigenvalue weighted by atomic mass is 9.75. The van der Waals surface area contributed by atoms with E-state index >= 15 is 0 Å². The van der Waals surface area contributed by atoms with Crippen LogP contribution in [-0.4, -0.2) is 33.8 Å². The van der Waals surface area contributed by atoms with Crippen LogP contribution in [0.5, 0.6) is 5.88 Å². The van der Waals surface area contributed by atoms with Crippen molar-refractivity contribution in [2.45, 2.75) is 37.0 Å². The Morgan fingerprint density at radius 3 is 2.89 bits per heavy atom. The lowest BCUT2D eigenvalue weighted by Gasteiger charge is -2.35. The molecule has 0 spiro atoms. The number of carbonyl (C=O) groups is 1. The van der Waals surface area contributed by atoms with Crippen LogP contribution in [0.25, 0.3) is 0 Å². The summed E-state index contributed by atoms with van der Waals surface area (Å²) in [5.41, 5.74) is 1.56. The van der Waals surface area contributed by atoms with E-state index < -0.39 is 0 Å². The van der Waals surface area contributed by atoms with Crippen LogP contribution < -0.4 is 4.74 Å². The van der Waals surface area contributed by atoms with Gasteiger partial charge in [0.05, 0.1) is 7.11 Å². The van der Waals surface area contributed by atoms with Crippen molar-refractivity contribution in [2.24, 2.45) is 10.4 Å². The normalized spacial score (nSPS) is 24.3. The van der Waals surface area contributed by atoms with E-state index in [1.54, 1.807) is 7.11 Å². The summed E-state index contributed by atoms with van der Waals surface area (Å²) in [6, 6.07) is 0. The number of fused-ring (bicyclic) bond motifs is 2. The van der Waals surface area contributed by atoms with Crippen molar-refractivity contribution in [3.05, 3.63) is 6.33 Å². The SMILES string of the molecule is COc1ncnc2c1N=C1CC(C)(C)CC(=O)C1S2. The Balaban J connectivity index is 2.08. The molecule has 2 aliphatic rings. The summed E-state index contributed by atoms with van der Waals surface area (Å²) in [5.74, 6) is 0.711. The number of hydrogen-bond acceptors (Lipinski definition) is 6. The van der Waals surface area contributed by atoms with Gasteiger partial charge in [-0.25, -0.2) is 9.98 Å². The van der Waals surface area contributed by atoms with E-state index in [1.807, 2.05) is 0 Å². The number of thioether (sulfide) groups is 1. The Labute approximate surface area is 115 Å². The number of Topliss-reactive ketones (excluding diaryl/α,β-unsaturated/α-hetero) is 1. The summed E-state index contributed by atoms with van der Waals surface area (Å²) in [6.07, 6.45) is 2.87. The summed E-state index contributed by atoms with van der Waals surface area (Å²) < 4.78 is 5.21. The smallest absolute Gasteiger partial charge is 0.244 e. The lowest BCUT2D eigenvalue weighted by Crippen LogP contribution is -2.40. The van der Waals surface area contributed by atoms with Gasteiger partial charge in [-0.1, -0.05) is 25.6 Å². The summed E-state index contributed by atoms with van der Waals surface area (Å²) in [6.45, 7) is 4.20. The molecule has 0 N–H and O–H groups in total. The summed E-state index contributed by atoms with van der Waals surface area (Å²) in [4.78, 5) is 25.1. The molecule has 1 aromatic rings. The predicted molar refractivity (Wildman–Crippen MR) is 73.3 cm³/mol. The van der Waals surface area contributed by atoms with Gasteiger partial charge < -0.3 is 4.74 Å². The Kier molecular flexibility index (Phi) is 2.85. The van der Waals surface area contributed by atoms with Crippen molar-refractivity contribution in [1.82, 2.24) is 9.97 Å². The first kappa shape index (κ1) is 12.6. The third kappa shape index (κ3) is 2.14. The number of carbonyl (C=O) groups excluding carboxylic acids is 1. The van der Waals surface area contributed by atoms with Gasteiger partial charge in [-0.15, -0.1) is 0 Å². The largest absolute Gasteiger partial charge is 0.479 e. The van der Waals surface area contributed by atoms with Gasteiger partial charge in [-0.05, 0) is 11.8 Å². The minimum Gasteiger partial charge on any atom is -0.479 e. The Morgan fingerprint density at radius 2 is 2.16 bits per heavy atom. The summed E-state index contributed by atoms with van der Waals surface area (Å²) in [7, 11) is 1.56. The fourth-order valence-corrected chi connectivity index (χ4v) is 3.62. The zero-order chi connectivity index (χ0) is 13.6. The van der Waals surface area contributed by atoms with Crippen LogP contribution in [-0.2, 0) is 4.79 Å². The molecule has 0 bridgehead atoms. The van der Waals surface area contributed by atoms with Gasteiger partial charge in [0.2, 0.25) is 5.88 Å². The topological polar surface area (TPSA) is 64.4 Å². The number of ketones is 1. The molecular formula is C13H15N3O2S. The molecule has 1 saturated carbocycles. The molecule has 5 nitrogen and oxygen atoms in total. The van der Waals surface area contributed by atoms with E-state index in [0.717, 1.165) is 17.2 Å². The molecule has 0 amide bonds. The fraction of sp³-hybridized carbons (Fsp3) is 0.538. The van der Waals surface area contributed by atoms with Crippen LogP contribution >= 0.6 is 11.8 Å². The van der Waals surface area contributed by atoms with Crippen molar-refractivity contribution < 1.29 is 9.53 Å². The molecule has 3 rings (SSSR count). The summed E-state index contributed by atoms with van der Waals surface area (Å²) >= 11 is 1.47. The third-order valence-corrected chi connectivity index (χ3v) is 4.63. The number of hydrogen-bond donors (Lipinski definition) is 0. The molecular weight excluding hydrogens is 262 g/mol. The zero-order valence-corrected chi connectivity index (χ0v) is 12.0. The number of ether oxygens (including phenoxy) is 1. The maximum Gasteiger partial charge on any atom is 0.244 e. The average Bonchev–Trinajstić information content (AvgIpc) is 2.35. The first-order chi connectivity index (χ1) is 9.00. The minimum absolute atomic E-state index is 0.0205. The van der Waals surface area contributed by atoms with Gasteiger partial charge in [-0.3, -0.25) is 4.79 Å². The lowest BCUT2D eigenvalue weighted by molar-refractivity contribution is -0.120. The molecule has 0 saturated heterocycles. The number of nitrogens with zero attached hydrogens (tertiary/aromatic N) is 3. The van der Waals surface area contributed by atoms with Gasteiger partial charge in [-0.2, -0.15) is 4.98 Å². The maximum atomic E-state index is 12.2. The highest BCUT2D eigenvalue weighted by Crippen LogP contribution is 2.46. The first-order valence-electron chi connectivity index (χ1n) is 6.16. The van der Waals surface area contributed by atoms with E-state index in [1.165, 1.54) is 18.1 Å². The predicted octanol–water partition coefficient (Wildman–Crippen LogP) is 2.42. The average molecular weight is 277 g/mol. The quantitative estimate of drug-likeness (QED) is 0.738. The van der Waals surface area contributed by atoms with Crippen LogP contribution in [0.15, 0.2) is 16.3 Å². The molecule has 0 aromatic carbocycles. The monoisotopic (exact) mass is 277 g/mol. The van der Waals surface area contributed by atoms with E-state index in [-0.39, 0.29) is 16.4 Å². The Bertz CT molecular complexity index is 583. The van der Waals surface area contributed by atoms with Crippen LogP contribution in [0, 0.1) is 5.41 Å². The van der Waals surface area contributed by atoms with Crippen molar-refractivity contribution in [3.8, 4) is 5.88 Å². The molecule has 1 aliphatic heterocycles. The van der Waals surface area contributed by atoms with Gasteiger partial charge >= 0.3 is 0 Å². The number of aromatic nitrogens is 2. The second-order valence-corrected chi connectivity index (χ2v) is 6.72. The van der Waals surface area contributed by atoms with Crippen molar-refractivity contribution in [2.75, 3.05) is 7.11 Å². The second-order valence-electron chi connectivity index (χ2n) is 5.62. The molecule has 19 heavy (non-hydrogen) atoms. The van der Waals surface area contributed by atoms with E-state index in [4.69, 9.17) is 4.74 Å². The van der Waals surface area contributed by atoms with Crippen molar-refractivity contribution >= 4 is 28.9 Å². The van der Waals surface area contributed by atoms with Crippen LogP contribution in [0.3, 0.4) is 0 Å². The van der Waals surface area contributed by atoms with Gasteiger partial charge in [0.1, 0.15) is 16.6 Å². The fourth-order valence-electron chi connectivity index (χ4n) is 2.56. The maximum absolute atomic E-state index is 12.2. The minimum atomic E-state index is -0.180. The molecule has 1 fully saturated rings. The Morgan fingerprint density at radius 1 is 1.37 bits per heavy atom. The van der Waals surface area contributed by atoms with Crippen molar-refractivity contribution in [1.29, 1.82) is 0 Å². The van der Waals surface area contributed by atoms with Crippen LogP contribution in [0.2, 0.25) is 0 Å². The van der Waals surface area contributed by atoms with E-state index in [2.05, 4.69) is 28.8 Å². The van der Waals surface area contributed by atoms with Gasteiger partial charge in [0.25, 0.3) is 0 Å². The zero-order valence-electron chi connectivity index (χ0n) is 11.1. The molecule has 2 heterocycles. The highest BCUT2D eigenvalue weighted by molar-refractivity contribution is 8.01. The van der Waals surface area contributed by atoms with Crippen LogP contribution in [0.1, 0.15) is 26.7 Å². The first-order valence-corrected chi connectivity index (χ1v) is 7.04. The second kappa shape index (κ2) is 4.30. The number of rotatable bonds is 1. The standard InChI is InChI=1S/C13H15N3O2S/c1-13(2)4-7-10(8(17)5-13)19-12-9(16-7)11(18-3)14-6-15-12/h6,10H,4-5H2,1-3H3. The molecule has 6 heteroatoms. The van der Waals surface area contributed by atoms with Gasteiger partial charge in [0.15, 0.2) is 11.5 Å². The number of aliphatic imine (C=N–C) groups is 1. The molecule has 1 aliphatic carbocycles. The van der Waals surface area contributed by atoms with E-state index in [0.29, 0.717) is 18.0 Å². The molecule has 0 radical (unpaired) electrons. The highest BCUT2D eigenvalue weighted by atomic mass is 32.2. The molecule has 1 atom stereocenters.